The molecule has 1 nitrogen and oxygen atoms in total. The van der Waals surface area contributed by atoms with E-state index in [1.54, 1.807) is 0 Å². The van der Waals surface area contributed by atoms with Gasteiger partial charge in [-0.2, -0.15) is 0 Å². The monoisotopic (exact) mass is 698 g/mol. The summed E-state index contributed by atoms with van der Waals surface area (Å²) >= 11 is 0. The van der Waals surface area contributed by atoms with Crippen LogP contribution in [-0.2, 0) is 0 Å². The lowest BCUT2D eigenvalue weighted by molar-refractivity contribution is 0.632. The highest BCUT2D eigenvalue weighted by Gasteiger charge is 2.30. The number of benzene rings is 9. The van der Waals surface area contributed by atoms with Crippen LogP contribution < -0.4 is 0 Å². The predicted octanol–water partition coefficient (Wildman–Crippen LogP) is 15.2. The van der Waals surface area contributed by atoms with Crippen molar-refractivity contribution >= 4 is 21.7 Å². The summed E-state index contributed by atoms with van der Waals surface area (Å²) in [4.78, 5) is 0. The second kappa shape index (κ2) is 12.7. The van der Waals surface area contributed by atoms with Crippen molar-refractivity contribution < 1.29 is 4.42 Å². The second-order valence-corrected chi connectivity index (χ2v) is 14.4. The Hall–Kier alpha value is -7.22. The zero-order valence-electron chi connectivity index (χ0n) is 30.0. The molecule has 0 spiro atoms. The Labute approximate surface area is 320 Å². The molecule has 0 radical (unpaired) electrons. The number of para-hydroxylation sites is 1. The van der Waals surface area contributed by atoms with Crippen molar-refractivity contribution in [2.75, 3.05) is 0 Å². The third-order valence-electron chi connectivity index (χ3n) is 11.3. The van der Waals surface area contributed by atoms with Crippen molar-refractivity contribution in [1.82, 2.24) is 0 Å². The molecule has 0 saturated carbocycles. The Morgan fingerprint density at radius 3 is 1.38 bits per heavy atom. The van der Waals surface area contributed by atoms with E-state index in [1.807, 2.05) is 12.1 Å². The molecule has 1 aliphatic rings. The SMILES string of the molecule is c1ccc(-c2cc(-c3ccc(-c4ccc(-c5oc6ccccc6c5-c5ccccc5)cc4)cc3)c(-c3ccccc3)c3c2-c2cccc4cccc-3c24)cc1. The molecule has 0 fully saturated rings. The molecule has 1 aliphatic carbocycles. The first-order valence-electron chi connectivity index (χ1n) is 18.9. The first-order chi connectivity index (χ1) is 27.3. The minimum atomic E-state index is 0.895. The van der Waals surface area contributed by atoms with Crippen LogP contribution in [0.1, 0.15) is 0 Å². The molecule has 0 saturated heterocycles. The van der Waals surface area contributed by atoms with E-state index in [0.29, 0.717) is 0 Å². The molecule has 1 aromatic heterocycles. The highest BCUT2D eigenvalue weighted by molar-refractivity contribution is 6.22. The lowest BCUT2D eigenvalue weighted by Crippen LogP contribution is -1.94. The topological polar surface area (TPSA) is 13.1 Å². The van der Waals surface area contributed by atoms with E-state index in [-0.39, 0.29) is 0 Å². The summed E-state index contributed by atoms with van der Waals surface area (Å²) in [7, 11) is 0. The predicted molar refractivity (Wildman–Crippen MR) is 231 cm³/mol. The Kier molecular flexibility index (Phi) is 7.25. The van der Waals surface area contributed by atoms with Crippen LogP contribution in [0.25, 0.3) is 111 Å². The lowest BCUT2D eigenvalue weighted by Gasteiger charge is -2.21. The maximum Gasteiger partial charge on any atom is 0.143 e. The van der Waals surface area contributed by atoms with Crippen molar-refractivity contribution in [2.24, 2.45) is 0 Å². The van der Waals surface area contributed by atoms with Gasteiger partial charge in [0.05, 0.1) is 0 Å². The van der Waals surface area contributed by atoms with Gasteiger partial charge in [-0.3, -0.25) is 0 Å². The Bertz CT molecular complexity index is 3020. The summed E-state index contributed by atoms with van der Waals surface area (Å²) < 4.78 is 6.51. The van der Waals surface area contributed by atoms with Crippen LogP contribution >= 0.6 is 0 Å². The van der Waals surface area contributed by atoms with Crippen molar-refractivity contribution in [3.05, 3.63) is 206 Å². The zero-order valence-corrected chi connectivity index (χ0v) is 30.0. The van der Waals surface area contributed by atoms with E-state index in [1.165, 1.54) is 72.0 Å². The molecule has 1 heterocycles. The van der Waals surface area contributed by atoms with E-state index in [4.69, 9.17) is 4.42 Å². The molecule has 0 aliphatic heterocycles. The number of furan rings is 1. The number of hydrogen-bond donors (Lipinski definition) is 0. The molecule has 256 valence electrons. The summed E-state index contributed by atoms with van der Waals surface area (Å²) in [6, 6.07) is 74.5. The minimum absolute atomic E-state index is 0.895. The standard InChI is InChI=1S/C54H34O/c1-4-14-37(15-5-1)47-34-46(50(40-16-6-2-7-17-40)53-45-24-13-21-39-20-12-23-44(49(39)45)52(47)53)38-30-26-35(27-31-38)36-28-32-42(33-29-36)54-51(41-18-8-3-9-19-41)43-22-10-11-25-48(43)55-54/h1-34H. The average Bonchev–Trinajstić information content (AvgIpc) is 3.82. The van der Waals surface area contributed by atoms with Gasteiger partial charge in [-0.15, -0.1) is 0 Å². The van der Waals surface area contributed by atoms with Gasteiger partial charge in [-0.05, 0) is 95.2 Å². The maximum absolute atomic E-state index is 6.51. The van der Waals surface area contributed by atoms with Crippen molar-refractivity contribution in [3.63, 3.8) is 0 Å². The summed E-state index contributed by atoms with van der Waals surface area (Å²) in [6.07, 6.45) is 0. The molecule has 0 amide bonds. The van der Waals surface area contributed by atoms with E-state index >= 15 is 0 Å². The minimum Gasteiger partial charge on any atom is -0.455 e. The lowest BCUT2D eigenvalue weighted by atomic mass is 9.82. The quantitative estimate of drug-likeness (QED) is 0.168. The molecule has 55 heavy (non-hydrogen) atoms. The maximum atomic E-state index is 6.51. The molecule has 1 heteroatoms. The molecule has 9 aromatic carbocycles. The molecule has 0 unspecified atom stereocenters. The van der Waals surface area contributed by atoms with Crippen molar-refractivity contribution in [3.8, 4) is 89.2 Å². The van der Waals surface area contributed by atoms with Gasteiger partial charge >= 0.3 is 0 Å². The fourth-order valence-corrected chi connectivity index (χ4v) is 8.76. The molecule has 10 aromatic rings. The Morgan fingerprint density at radius 2 is 0.745 bits per heavy atom. The van der Waals surface area contributed by atoms with E-state index in [2.05, 4.69) is 194 Å². The number of hydrogen-bond acceptors (Lipinski definition) is 1. The number of rotatable bonds is 6. The highest BCUT2D eigenvalue weighted by Crippen LogP contribution is 2.57. The van der Waals surface area contributed by atoms with Crippen LogP contribution in [0, 0.1) is 0 Å². The van der Waals surface area contributed by atoms with Crippen LogP contribution in [0.3, 0.4) is 0 Å². The summed E-state index contributed by atoms with van der Waals surface area (Å²) in [6.45, 7) is 0. The van der Waals surface area contributed by atoms with Crippen molar-refractivity contribution in [1.29, 1.82) is 0 Å². The summed E-state index contributed by atoms with van der Waals surface area (Å²) in [5.41, 5.74) is 19.2. The fraction of sp³-hybridized carbons (Fsp3) is 0. The Balaban J connectivity index is 1.05. The van der Waals surface area contributed by atoms with Crippen LogP contribution in [0.4, 0.5) is 0 Å². The van der Waals surface area contributed by atoms with Gasteiger partial charge in [0.2, 0.25) is 0 Å². The van der Waals surface area contributed by atoms with Crippen LogP contribution in [0.15, 0.2) is 211 Å². The van der Waals surface area contributed by atoms with Gasteiger partial charge in [-0.1, -0.05) is 194 Å². The number of fused-ring (bicyclic) bond motifs is 4. The van der Waals surface area contributed by atoms with Crippen molar-refractivity contribution in [2.45, 2.75) is 0 Å². The second-order valence-electron chi connectivity index (χ2n) is 14.4. The van der Waals surface area contributed by atoms with Crippen LogP contribution in [0.5, 0.6) is 0 Å². The highest BCUT2D eigenvalue weighted by atomic mass is 16.3. The smallest absolute Gasteiger partial charge is 0.143 e. The van der Waals surface area contributed by atoms with Gasteiger partial charge in [0, 0.05) is 16.5 Å². The van der Waals surface area contributed by atoms with Gasteiger partial charge in [0.15, 0.2) is 0 Å². The third kappa shape index (κ3) is 5.09. The van der Waals surface area contributed by atoms with Gasteiger partial charge in [0.25, 0.3) is 0 Å². The molecule has 11 rings (SSSR count). The fourth-order valence-electron chi connectivity index (χ4n) is 8.76. The van der Waals surface area contributed by atoms with Gasteiger partial charge in [0.1, 0.15) is 11.3 Å². The molecule has 0 bridgehead atoms. The van der Waals surface area contributed by atoms with E-state index in [0.717, 1.165) is 39.0 Å². The third-order valence-corrected chi connectivity index (χ3v) is 11.3. The first kappa shape index (κ1) is 31.3. The van der Waals surface area contributed by atoms with Gasteiger partial charge in [-0.25, -0.2) is 0 Å². The summed E-state index contributed by atoms with van der Waals surface area (Å²) in [5.74, 6) is 0.895. The van der Waals surface area contributed by atoms with Gasteiger partial charge < -0.3 is 4.42 Å². The summed E-state index contributed by atoms with van der Waals surface area (Å²) in [5, 5.41) is 3.74. The Morgan fingerprint density at radius 1 is 0.273 bits per heavy atom. The largest absolute Gasteiger partial charge is 0.455 e. The zero-order chi connectivity index (χ0) is 36.3. The molecule has 0 N–H and O–H groups in total. The first-order valence-corrected chi connectivity index (χ1v) is 18.9. The van der Waals surface area contributed by atoms with E-state index in [9.17, 15) is 0 Å². The molecular weight excluding hydrogens is 665 g/mol. The average molecular weight is 699 g/mol. The van der Waals surface area contributed by atoms with Crippen LogP contribution in [0.2, 0.25) is 0 Å². The molecule has 0 atom stereocenters. The van der Waals surface area contributed by atoms with E-state index < -0.39 is 0 Å². The normalized spacial score (nSPS) is 11.6. The molecular formula is C54H34O. The van der Waals surface area contributed by atoms with Crippen LogP contribution in [-0.4, -0.2) is 0 Å².